The van der Waals surface area contributed by atoms with Gasteiger partial charge < -0.3 is 15.2 Å². The van der Waals surface area contributed by atoms with Gasteiger partial charge in [-0.1, -0.05) is 18.7 Å². The summed E-state index contributed by atoms with van der Waals surface area (Å²) in [4.78, 5) is 0. The third-order valence-electron chi connectivity index (χ3n) is 3.15. The highest BCUT2D eigenvalue weighted by atomic mass is 16.5. The van der Waals surface area contributed by atoms with Crippen molar-refractivity contribution in [1.29, 1.82) is 10.5 Å². The fourth-order valence-corrected chi connectivity index (χ4v) is 2.03. The molecule has 0 radical (unpaired) electrons. The van der Waals surface area contributed by atoms with E-state index in [1.165, 1.54) is 7.11 Å². The number of aromatic amines is 1. The molecular formula is C17H15N5O2. The van der Waals surface area contributed by atoms with E-state index in [9.17, 15) is 5.26 Å². The summed E-state index contributed by atoms with van der Waals surface area (Å²) >= 11 is 0. The van der Waals surface area contributed by atoms with Gasteiger partial charge >= 0.3 is 0 Å². The Morgan fingerprint density at radius 3 is 2.83 bits per heavy atom. The van der Waals surface area contributed by atoms with E-state index in [0.717, 1.165) is 0 Å². The Morgan fingerprint density at radius 1 is 1.42 bits per heavy atom. The second-order valence-corrected chi connectivity index (χ2v) is 4.65. The number of hydrogen-bond acceptors (Lipinski definition) is 6. The number of aromatic nitrogens is 2. The SMILES string of the molecule is C=CCOc1ccc(C=C(C#N)c2[nH]nc(N)c2C#N)cc1OC. The van der Waals surface area contributed by atoms with Crippen LogP contribution in [0, 0.1) is 22.7 Å². The van der Waals surface area contributed by atoms with Gasteiger partial charge in [0.15, 0.2) is 17.3 Å². The first-order valence-corrected chi connectivity index (χ1v) is 6.92. The second-order valence-electron chi connectivity index (χ2n) is 4.65. The van der Waals surface area contributed by atoms with E-state index in [1.54, 1.807) is 30.4 Å². The number of rotatable bonds is 6. The molecule has 2 aromatic rings. The summed E-state index contributed by atoms with van der Waals surface area (Å²) in [6.45, 7) is 3.95. The smallest absolute Gasteiger partial charge is 0.163 e. The summed E-state index contributed by atoms with van der Waals surface area (Å²) in [7, 11) is 1.53. The third kappa shape index (κ3) is 3.37. The number of nitrogen functional groups attached to an aromatic ring is 1. The second kappa shape index (κ2) is 7.52. The van der Waals surface area contributed by atoms with Crippen molar-refractivity contribution >= 4 is 17.5 Å². The first-order valence-electron chi connectivity index (χ1n) is 6.92. The van der Waals surface area contributed by atoms with Crippen LogP contribution in [0.2, 0.25) is 0 Å². The van der Waals surface area contributed by atoms with Crippen LogP contribution in [-0.2, 0) is 0 Å². The Labute approximate surface area is 139 Å². The number of hydrogen-bond donors (Lipinski definition) is 2. The normalized spacial score (nSPS) is 10.5. The van der Waals surface area contributed by atoms with Gasteiger partial charge in [-0.3, -0.25) is 5.10 Å². The van der Waals surface area contributed by atoms with Crippen molar-refractivity contribution in [2.45, 2.75) is 0 Å². The largest absolute Gasteiger partial charge is 0.493 e. The standard InChI is InChI=1S/C17H15N5O2/c1-3-6-24-14-5-4-11(8-15(14)23-2)7-12(9-18)16-13(10-19)17(20)22-21-16/h3-5,7-8H,1,6H2,2H3,(H3,20,21,22). The minimum Gasteiger partial charge on any atom is -0.493 e. The molecule has 0 aliphatic heterocycles. The molecule has 0 saturated heterocycles. The van der Waals surface area contributed by atoms with E-state index in [2.05, 4.69) is 16.8 Å². The lowest BCUT2D eigenvalue weighted by atomic mass is 10.1. The number of benzene rings is 1. The molecule has 1 aromatic carbocycles. The molecule has 0 saturated carbocycles. The lowest BCUT2D eigenvalue weighted by Crippen LogP contribution is -1.96. The summed E-state index contributed by atoms with van der Waals surface area (Å²) in [6.07, 6.45) is 3.24. The number of allylic oxidation sites excluding steroid dienone is 1. The molecule has 3 N–H and O–H groups in total. The highest BCUT2D eigenvalue weighted by Gasteiger charge is 2.15. The number of nitrogens with two attached hydrogens (primary N) is 1. The molecular weight excluding hydrogens is 306 g/mol. The van der Waals surface area contributed by atoms with Gasteiger partial charge in [0.05, 0.1) is 18.4 Å². The molecule has 7 heteroatoms. The molecule has 120 valence electrons. The predicted octanol–water partition coefficient (Wildman–Crippen LogP) is 2.50. The van der Waals surface area contributed by atoms with Gasteiger partial charge in [-0.2, -0.15) is 15.6 Å². The average Bonchev–Trinajstić information content (AvgIpc) is 2.98. The average molecular weight is 321 g/mol. The molecule has 0 fully saturated rings. The summed E-state index contributed by atoms with van der Waals surface area (Å²) in [5, 5.41) is 24.9. The van der Waals surface area contributed by atoms with E-state index in [-0.39, 0.29) is 22.6 Å². The molecule has 0 aliphatic rings. The highest BCUT2D eigenvalue weighted by molar-refractivity contribution is 5.91. The van der Waals surface area contributed by atoms with Crippen molar-refractivity contribution in [1.82, 2.24) is 10.2 Å². The zero-order valence-electron chi connectivity index (χ0n) is 13.0. The number of nitriles is 2. The van der Waals surface area contributed by atoms with Crippen molar-refractivity contribution in [3.05, 3.63) is 47.7 Å². The molecule has 1 heterocycles. The van der Waals surface area contributed by atoms with Gasteiger partial charge in [0.1, 0.15) is 24.3 Å². The van der Waals surface area contributed by atoms with Gasteiger partial charge in [0, 0.05) is 0 Å². The van der Waals surface area contributed by atoms with E-state index in [1.807, 2.05) is 12.1 Å². The lowest BCUT2D eigenvalue weighted by Gasteiger charge is -2.10. The van der Waals surface area contributed by atoms with Crippen LogP contribution in [0.25, 0.3) is 11.6 Å². The van der Waals surface area contributed by atoms with Crippen LogP contribution in [0.5, 0.6) is 11.5 Å². The Kier molecular flexibility index (Phi) is 5.22. The van der Waals surface area contributed by atoms with Crippen LogP contribution in [0.4, 0.5) is 5.82 Å². The summed E-state index contributed by atoms with van der Waals surface area (Å²) < 4.78 is 10.8. The molecule has 0 atom stereocenters. The molecule has 0 aliphatic carbocycles. The fraction of sp³-hybridized carbons (Fsp3) is 0.118. The maximum Gasteiger partial charge on any atom is 0.163 e. The van der Waals surface area contributed by atoms with Crippen LogP contribution in [0.1, 0.15) is 16.8 Å². The summed E-state index contributed by atoms with van der Waals surface area (Å²) in [6, 6.07) is 9.20. The van der Waals surface area contributed by atoms with Crippen LogP contribution in [0.15, 0.2) is 30.9 Å². The Hall–Kier alpha value is -3.71. The van der Waals surface area contributed by atoms with Crippen molar-refractivity contribution in [2.24, 2.45) is 0 Å². The third-order valence-corrected chi connectivity index (χ3v) is 3.15. The van der Waals surface area contributed by atoms with Crippen molar-refractivity contribution < 1.29 is 9.47 Å². The monoisotopic (exact) mass is 321 g/mol. The Balaban J connectivity index is 2.43. The maximum atomic E-state index is 9.38. The minimum atomic E-state index is 0.0550. The summed E-state index contributed by atoms with van der Waals surface area (Å²) in [5.41, 5.74) is 6.96. The number of nitrogens with zero attached hydrogens (tertiary/aromatic N) is 3. The highest BCUT2D eigenvalue weighted by Crippen LogP contribution is 2.30. The van der Waals surface area contributed by atoms with Gasteiger partial charge in [-0.05, 0) is 23.8 Å². The zero-order chi connectivity index (χ0) is 17.5. The van der Waals surface area contributed by atoms with Crippen molar-refractivity contribution in [3.8, 4) is 23.6 Å². The van der Waals surface area contributed by atoms with Gasteiger partial charge in [0.2, 0.25) is 0 Å². The topological polar surface area (TPSA) is 121 Å². The Morgan fingerprint density at radius 2 is 2.21 bits per heavy atom. The van der Waals surface area contributed by atoms with Crippen molar-refractivity contribution in [2.75, 3.05) is 19.5 Å². The number of H-pyrrole nitrogens is 1. The number of ether oxygens (including phenoxy) is 2. The maximum absolute atomic E-state index is 9.38. The van der Waals surface area contributed by atoms with E-state index >= 15 is 0 Å². The first kappa shape index (κ1) is 16.7. The van der Waals surface area contributed by atoms with Gasteiger partial charge in [-0.15, -0.1) is 0 Å². The van der Waals surface area contributed by atoms with Crippen LogP contribution in [-0.4, -0.2) is 23.9 Å². The summed E-state index contributed by atoms with van der Waals surface area (Å²) in [5.74, 6) is 1.14. The van der Waals surface area contributed by atoms with E-state index < -0.39 is 0 Å². The van der Waals surface area contributed by atoms with Crippen molar-refractivity contribution in [3.63, 3.8) is 0 Å². The van der Waals surface area contributed by atoms with Gasteiger partial charge in [-0.25, -0.2) is 0 Å². The number of nitrogens with one attached hydrogen (secondary N) is 1. The molecule has 24 heavy (non-hydrogen) atoms. The Bertz CT molecular complexity index is 868. The molecule has 1 aromatic heterocycles. The zero-order valence-corrected chi connectivity index (χ0v) is 13.0. The first-order chi connectivity index (χ1) is 11.6. The molecule has 2 rings (SSSR count). The molecule has 0 unspecified atom stereocenters. The fourth-order valence-electron chi connectivity index (χ4n) is 2.03. The number of anilines is 1. The van der Waals surface area contributed by atoms with E-state index in [0.29, 0.717) is 23.7 Å². The number of methoxy groups -OCH3 is 1. The lowest BCUT2D eigenvalue weighted by molar-refractivity contribution is 0.326. The molecule has 0 spiro atoms. The molecule has 0 amide bonds. The van der Waals surface area contributed by atoms with Gasteiger partial charge in [0.25, 0.3) is 0 Å². The quantitative estimate of drug-likeness (QED) is 0.623. The van der Waals surface area contributed by atoms with Crippen LogP contribution in [0.3, 0.4) is 0 Å². The van der Waals surface area contributed by atoms with Crippen LogP contribution >= 0.6 is 0 Å². The molecule has 7 nitrogen and oxygen atoms in total. The minimum absolute atomic E-state index is 0.0550. The predicted molar refractivity (Wildman–Crippen MR) is 89.9 cm³/mol. The molecule has 0 bridgehead atoms. The van der Waals surface area contributed by atoms with E-state index in [4.69, 9.17) is 20.5 Å². The van der Waals surface area contributed by atoms with Crippen LogP contribution < -0.4 is 15.2 Å².